The van der Waals surface area contributed by atoms with Crippen LogP contribution in [0.3, 0.4) is 0 Å². The zero-order valence-electron chi connectivity index (χ0n) is 10.4. The summed E-state index contributed by atoms with van der Waals surface area (Å²) in [6.07, 6.45) is 0. The van der Waals surface area contributed by atoms with Gasteiger partial charge in [0.25, 0.3) is 0 Å². The molecule has 2 rings (SSSR count). The fourth-order valence-electron chi connectivity index (χ4n) is 1.47. The molecule has 0 saturated carbocycles. The average molecular weight is 262 g/mol. The van der Waals surface area contributed by atoms with Crippen LogP contribution in [0.25, 0.3) is 0 Å². The molecule has 0 atom stereocenters. The molecule has 4 N–H and O–H groups in total. The Morgan fingerprint density at radius 2 is 1.68 bits per heavy atom. The van der Waals surface area contributed by atoms with E-state index in [-0.39, 0.29) is 5.82 Å². The lowest BCUT2D eigenvalue weighted by atomic mass is 10.3. The molecule has 0 spiro atoms. The second kappa shape index (κ2) is 6.03. The maximum absolute atomic E-state index is 12.8. The second-order valence-electron chi connectivity index (χ2n) is 3.81. The van der Waals surface area contributed by atoms with E-state index >= 15 is 0 Å². The van der Waals surface area contributed by atoms with E-state index in [0.717, 1.165) is 11.4 Å². The molecule has 0 amide bonds. The first-order chi connectivity index (χ1) is 9.19. The van der Waals surface area contributed by atoms with Crippen LogP contribution >= 0.6 is 0 Å². The summed E-state index contributed by atoms with van der Waals surface area (Å²) in [5.74, 6) is 6.23. The number of nitrogens with zero attached hydrogens (tertiary/aromatic N) is 1. The lowest BCUT2D eigenvalue weighted by Gasteiger charge is -2.20. The highest BCUT2D eigenvalue weighted by molar-refractivity contribution is 5.48. The van der Waals surface area contributed by atoms with Gasteiger partial charge in [0, 0.05) is 0 Å². The van der Waals surface area contributed by atoms with Crippen LogP contribution in [0.15, 0.2) is 48.5 Å². The van der Waals surface area contributed by atoms with Crippen molar-refractivity contribution in [1.82, 2.24) is 5.53 Å². The number of nitrogens with one attached hydrogen (secondary N) is 2. The first-order valence-corrected chi connectivity index (χ1v) is 5.65. The molecule has 2 aromatic carbocycles. The topological polar surface area (TPSA) is 62.5 Å². The summed E-state index contributed by atoms with van der Waals surface area (Å²) in [5.41, 5.74) is 7.13. The van der Waals surface area contributed by atoms with Crippen LogP contribution in [0, 0.1) is 5.82 Å². The number of anilines is 2. The van der Waals surface area contributed by atoms with E-state index in [9.17, 15) is 4.39 Å². The predicted octanol–water partition coefficient (Wildman–Crippen LogP) is 2.05. The quantitative estimate of drug-likeness (QED) is 0.568. The fraction of sp³-hybridized carbons (Fsp3) is 0.0769. The van der Waals surface area contributed by atoms with Gasteiger partial charge in [-0.3, -0.25) is 0 Å². The summed E-state index contributed by atoms with van der Waals surface area (Å²) in [6.45, 7) is 0. The van der Waals surface area contributed by atoms with Crippen molar-refractivity contribution in [2.75, 3.05) is 17.7 Å². The first-order valence-electron chi connectivity index (χ1n) is 5.65. The first kappa shape index (κ1) is 13.1. The highest BCUT2D eigenvalue weighted by atomic mass is 19.1. The molecule has 0 aromatic heterocycles. The van der Waals surface area contributed by atoms with Gasteiger partial charge in [-0.25, -0.2) is 15.4 Å². The second-order valence-corrected chi connectivity index (χ2v) is 3.81. The summed E-state index contributed by atoms with van der Waals surface area (Å²) in [6, 6.07) is 13.1. The van der Waals surface area contributed by atoms with Gasteiger partial charge in [-0.1, -0.05) is 0 Å². The molecule has 2 aromatic rings. The Morgan fingerprint density at radius 1 is 1.05 bits per heavy atom. The molecule has 0 saturated heterocycles. The van der Waals surface area contributed by atoms with Crippen LogP contribution in [0.2, 0.25) is 0 Å². The SMILES string of the molecule is COc1ccc(NNN(N)c2ccc(F)cc2)cc1. The highest BCUT2D eigenvalue weighted by Gasteiger charge is 2.01. The largest absolute Gasteiger partial charge is 0.497 e. The molecule has 0 aliphatic rings. The number of methoxy groups -OCH3 is 1. The summed E-state index contributed by atoms with van der Waals surface area (Å²) in [4.78, 5) is 0. The Hall–Kier alpha value is -2.31. The minimum atomic E-state index is -0.305. The maximum atomic E-state index is 12.8. The Balaban J connectivity index is 1.92. The zero-order chi connectivity index (χ0) is 13.7. The third kappa shape index (κ3) is 3.57. The molecule has 0 heterocycles. The number of halogens is 1. The van der Waals surface area contributed by atoms with Crippen LogP contribution in [0.5, 0.6) is 5.75 Å². The Kier molecular flexibility index (Phi) is 4.17. The summed E-state index contributed by atoms with van der Waals surface area (Å²) < 4.78 is 17.8. The van der Waals surface area contributed by atoms with Gasteiger partial charge < -0.3 is 10.2 Å². The summed E-state index contributed by atoms with van der Waals surface area (Å²) >= 11 is 0. The van der Waals surface area contributed by atoms with Crippen molar-refractivity contribution in [2.24, 2.45) is 5.84 Å². The molecular formula is C13H15FN4O. The number of rotatable bonds is 5. The van der Waals surface area contributed by atoms with Crippen molar-refractivity contribution >= 4 is 11.4 Å². The molecule has 100 valence electrons. The zero-order valence-corrected chi connectivity index (χ0v) is 10.4. The van der Waals surface area contributed by atoms with E-state index in [1.165, 1.54) is 17.3 Å². The van der Waals surface area contributed by atoms with Gasteiger partial charge in [-0.05, 0) is 48.5 Å². The maximum Gasteiger partial charge on any atom is 0.123 e. The smallest absolute Gasteiger partial charge is 0.123 e. The minimum absolute atomic E-state index is 0.305. The van der Waals surface area contributed by atoms with E-state index < -0.39 is 0 Å². The van der Waals surface area contributed by atoms with Gasteiger partial charge in [0.2, 0.25) is 0 Å². The van der Waals surface area contributed by atoms with E-state index in [2.05, 4.69) is 11.0 Å². The van der Waals surface area contributed by atoms with Gasteiger partial charge >= 0.3 is 0 Å². The van der Waals surface area contributed by atoms with Crippen molar-refractivity contribution in [3.05, 3.63) is 54.3 Å². The molecular weight excluding hydrogens is 247 g/mol. The lowest BCUT2D eigenvalue weighted by molar-refractivity contribution is 0.415. The van der Waals surface area contributed by atoms with Crippen molar-refractivity contribution in [1.29, 1.82) is 0 Å². The van der Waals surface area contributed by atoms with E-state index in [1.807, 2.05) is 24.3 Å². The van der Waals surface area contributed by atoms with E-state index in [1.54, 1.807) is 19.2 Å². The normalized spacial score (nSPS) is 10.1. The number of ether oxygens (including phenoxy) is 1. The van der Waals surface area contributed by atoms with Gasteiger partial charge in [0.05, 0.1) is 18.5 Å². The van der Waals surface area contributed by atoms with Crippen LogP contribution in [0.4, 0.5) is 15.8 Å². The Morgan fingerprint density at radius 3 is 2.26 bits per heavy atom. The molecule has 5 nitrogen and oxygen atoms in total. The van der Waals surface area contributed by atoms with Crippen molar-refractivity contribution in [3.63, 3.8) is 0 Å². The number of nitrogens with two attached hydrogens (primary N) is 1. The fourth-order valence-corrected chi connectivity index (χ4v) is 1.47. The molecule has 0 unspecified atom stereocenters. The van der Waals surface area contributed by atoms with Crippen LogP contribution in [0.1, 0.15) is 0 Å². The predicted molar refractivity (Wildman–Crippen MR) is 72.8 cm³/mol. The van der Waals surface area contributed by atoms with Gasteiger partial charge in [0.1, 0.15) is 11.6 Å². The molecule has 0 radical (unpaired) electrons. The minimum Gasteiger partial charge on any atom is -0.497 e. The number of hydrogen-bond acceptors (Lipinski definition) is 5. The molecule has 6 heteroatoms. The summed E-state index contributed by atoms with van der Waals surface area (Å²) in [7, 11) is 1.61. The van der Waals surface area contributed by atoms with Gasteiger partial charge in [0.15, 0.2) is 0 Å². The lowest BCUT2D eigenvalue weighted by Crippen LogP contribution is -2.47. The van der Waals surface area contributed by atoms with Crippen LogP contribution < -0.4 is 26.7 Å². The van der Waals surface area contributed by atoms with Crippen molar-refractivity contribution < 1.29 is 9.13 Å². The Bertz CT molecular complexity index is 515. The molecule has 19 heavy (non-hydrogen) atoms. The number of benzene rings is 2. The van der Waals surface area contributed by atoms with Crippen LogP contribution in [-0.2, 0) is 0 Å². The number of hydrogen-bond donors (Lipinski definition) is 3. The van der Waals surface area contributed by atoms with Gasteiger partial charge in [-0.2, -0.15) is 0 Å². The third-order valence-electron chi connectivity index (χ3n) is 2.52. The van der Waals surface area contributed by atoms with Gasteiger partial charge in [-0.15, -0.1) is 5.53 Å². The Labute approximate surface area is 110 Å². The van der Waals surface area contributed by atoms with E-state index in [4.69, 9.17) is 10.6 Å². The van der Waals surface area contributed by atoms with Crippen molar-refractivity contribution in [2.45, 2.75) is 0 Å². The van der Waals surface area contributed by atoms with E-state index in [0.29, 0.717) is 5.69 Å². The molecule has 0 fully saturated rings. The monoisotopic (exact) mass is 262 g/mol. The standard InChI is InChI=1S/C13H15FN4O/c1-19-13-8-4-11(5-9-13)16-17-18(15)12-6-2-10(14)3-7-12/h2-9,16-17H,15H2,1H3. The highest BCUT2D eigenvalue weighted by Crippen LogP contribution is 2.14. The third-order valence-corrected chi connectivity index (χ3v) is 2.52. The molecule has 0 bridgehead atoms. The number of hydrazine groups is 3. The van der Waals surface area contributed by atoms with Crippen molar-refractivity contribution in [3.8, 4) is 5.75 Å². The average Bonchev–Trinajstić information content (AvgIpc) is 2.46. The van der Waals surface area contributed by atoms with Crippen LogP contribution in [-0.4, -0.2) is 7.11 Å². The molecule has 0 aliphatic carbocycles. The molecule has 0 aliphatic heterocycles. The summed E-state index contributed by atoms with van der Waals surface area (Å²) in [5, 5.41) is 1.25.